The Kier molecular flexibility index (Phi) is 16.4. The van der Waals surface area contributed by atoms with E-state index in [2.05, 4.69) is 6.92 Å². The van der Waals surface area contributed by atoms with Crippen molar-refractivity contribution < 1.29 is 35.0 Å². The predicted octanol–water partition coefficient (Wildman–Crippen LogP) is 1.75. The van der Waals surface area contributed by atoms with Gasteiger partial charge in [0.25, 0.3) is 0 Å². The molecular weight excluding hydrogens is 414 g/mol. The van der Waals surface area contributed by atoms with Crippen LogP contribution in [0.2, 0.25) is 0 Å². The van der Waals surface area contributed by atoms with Crippen molar-refractivity contribution in [2.45, 2.75) is 127 Å². The van der Waals surface area contributed by atoms with E-state index in [1.807, 2.05) is 6.08 Å². The fourth-order valence-corrected chi connectivity index (χ4v) is 3.81. The van der Waals surface area contributed by atoms with E-state index in [0.717, 1.165) is 12.8 Å². The Morgan fingerprint density at radius 3 is 2.00 bits per heavy atom. The van der Waals surface area contributed by atoms with Crippen molar-refractivity contribution in [3.63, 3.8) is 0 Å². The van der Waals surface area contributed by atoms with E-state index in [9.17, 15) is 25.5 Å². The highest BCUT2D eigenvalue weighted by Crippen LogP contribution is 2.22. The van der Waals surface area contributed by atoms with Crippen molar-refractivity contribution in [3.05, 3.63) is 12.2 Å². The molecule has 7 N–H and O–H groups in total. The number of unbranched alkanes of at least 4 members (excludes halogenated alkanes) is 11. The van der Waals surface area contributed by atoms with Crippen LogP contribution in [0.5, 0.6) is 0 Å². The first-order valence-electron chi connectivity index (χ1n) is 12.4. The zero-order valence-electron chi connectivity index (χ0n) is 19.7. The molecule has 32 heavy (non-hydrogen) atoms. The largest absolute Gasteiger partial charge is 0.394 e. The number of aliphatic hydroxyl groups is 5. The quantitative estimate of drug-likeness (QED) is 0.134. The molecule has 1 saturated heterocycles. The average Bonchev–Trinajstić information content (AvgIpc) is 2.79. The van der Waals surface area contributed by atoms with E-state index in [-0.39, 0.29) is 6.61 Å². The molecule has 0 aromatic carbocycles. The van der Waals surface area contributed by atoms with Gasteiger partial charge in [-0.15, -0.1) is 0 Å². The van der Waals surface area contributed by atoms with Crippen LogP contribution in [0, 0.1) is 0 Å². The van der Waals surface area contributed by atoms with Crippen molar-refractivity contribution in [3.8, 4) is 0 Å². The molecule has 1 fully saturated rings. The number of ether oxygens (including phenoxy) is 2. The first-order chi connectivity index (χ1) is 15.4. The minimum atomic E-state index is -1.50. The molecule has 0 saturated carbocycles. The molecule has 0 amide bonds. The van der Waals surface area contributed by atoms with Crippen molar-refractivity contribution in [2.24, 2.45) is 5.73 Å². The van der Waals surface area contributed by atoms with E-state index in [1.54, 1.807) is 6.08 Å². The molecule has 0 radical (unpaired) electrons. The fraction of sp³-hybridized carbons (Fsp3) is 0.917. The van der Waals surface area contributed by atoms with Crippen molar-refractivity contribution in [1.29, 1.82) is 0 Å². The summed E-state index contributed by atoms with van der Waals surface area (Å²) in [4.78, 5) is 0. The second-order valence-corrected chi connectivity index (χ2v) is 8.94. The van der Waals surface area contributed by atoms with Crippen LogP contribution < -0.4 is 5.73 Å². The van der Waals surface area contributed by atoms with E-state index >= 15 is 0 Å². The van der Waals surface area contributed by atoms with Crippen LogP contribution in [0.1, 0.15) is 84.0 Å². The molecule has 8 heteroatoms. The maximum atomic E-state index is 10.2. The number of rotatable bonds is 18. The third-order valence-electron chi connectivity index (χ3n) is 6.05. The van der Waals surface area contributed by atoms with Crippen molar-refractivity contribution in [2.75, 3.05) is 13.2 Å². The molecule has 0 aliphatic carbocycles. The first kappa shape index (κ1) is 29.5. The number of aliphatic hydroxyl groups excluding tert-OH is 5. The summed E-state index contributed by atoms with van der Waals surface area (Å²) in [5, 5.41) is 48.8. The summed E-state index contributed by atoms with van der Waals surface area (Å²) in [7, 11) is 0. The molecule has 7 atom stereocenters. The zero-order chi connectivity index (χ0) is 23.8. The van der Waals surface area contributed by atoms with Crippen LogP contribution in [0.4, 0.5) is 0 Å². The van der Waals surface area contributed by atoms with Crippen LogP contribution >= 0.6 is 0 Å². The lowest BCUT2D eigenvalue weighted by atomic mass is 9.99. The minimum Gasteiger partial charge on any atom is -0.394 e. The number of hydrogen-bond acceptors (Lipinski definition) is 8. The lowest BCUT2D eigenvalue weighted by Gasteiger charge is -2.39. The van der Waals surface area contributed by atoms with Gasteiger partial charge in [-0.3, -0.25) is 0 Å². The molecule has 1 aliphatic heterocycles. The number of hydrogen-bond donors (Lipinski definition) is 6. The van der Waals surface area contributed by atoms with Gasteiger partial charge in [0.2, 0.25) is 0 Å². The Morgan fingerprint density at radius 2 is 1.44 bits per heavy atom. The average molecular weight is 462 g/mol. The molecule has 0 spiro atoms. The Hall–Kier alpha value is -0.580. The van der Waals surface area contributed by atoms with Crippen LogP contribution in [0.15, 0.2) is 12.2 Å². The van der Waals surface area contributed by atoms with Crippen molar-refractivity contribution >= 4 is 0 Å². The molecule has 1 aliphatic rings. The molecule has 1 rings (SSSR count). The van der Waals surface area contributed by atoms with Gasteiger partial charge in [0.15, 0.2) is 6.29 Å². The summed E-state index contributed by atoms with van der Waals surface area (Å²) in [5.74, 6) is 0. The summed E-state index contributed by atoms with van der Waals surface area (Å²) in [6.07, 6.45) is 11.1. The molecule has 190 valence electrons. The lowest BCUT2D eigenvalue weighted by Crippen LogP contribution is -2.59. The Balaban J connectivity index is 2.10. The zero-order valence-corrected chi connectivity index (χ0v) is 19.7. The molecule has 0 aromatic rings. The van der Waals surface area contributed by atoms with Crippen LogP contribution in [0.25, 0.3) is 0 Å². The summed E-state index contributed by atoms with van der Waals surface area (Å²) < 4.78 is 10.6. The van der Waals surface area contributed by atoms with Gasteiger partial charge in [-0.25, -0.2) is 0 Å². The Morgan fingerprint density at radius 1 is 0.875 bits per heavy atom. The van der Waals surface area contributed by atoms with Gasteiger partial charge in [-0.05, 0) is 12.8 Å². The Labute approximate surface area is 193 Å². The molecule has 1 heterocycles. The topological polar surface area (TPSA) is 146 Å². The molecule has 0 bridgehead atoms. The van der Waals surface area contributed by atoms with Crippen molar-refractivity contribution in [1.82, 2.24) is 0 Å². The predicted molar refractivity (Wildman–Crippen MR) is 124 cm³/mol. The fourth-order valence-electron chi connectivity index (χ4n) is 3.81. The highest BCUT2D eigenvalue weighted by Gasteiger charge is 2.44. The molecule has 8 nitrogen and oxygen atoms in total. The third kappa shape index (κ3) is 11.5. The standard InChI is InChI=1S/C24H47NO7/c1-2-3-4-5-6-7-8-9-10-11-12-13-14-15-19(27)18(25)17-31-24-23(30)22(29)21(28)20(16-26)32-24/h14-15,18-24,26-30H,2-13,16-17,25H2,1H3/b15-14-/t18-,19-,20+,21-,22-,23+,24+/m0/s1. The van der Waals surface area contributed by atoms with Gasteiger partial charge in [0.05, 0.1) is 25.4 Å². The molecule has 0 aromatic heterocycles. The van der Waals surface area contributed by atoms with Crippen LogP contribution in [-0.2, 0) is 9.47 Å². The monoisotopic (exact) mass is 461 g/mol. The van der Waals surface area contributed by atoms with Crippen LogP contribution in [0.3, 0.4) is 0 Å². The maximum Gasteiger partial charge on any atom is 0.186 e. The lowest BCUT2D eigenvalue weighted by molar-refractivity contribution is -0.302. The highest BCUT2D eigenvalue weighted by molar-refractivity contribution is 4.94. The van der Waals surface area contributed by atoms with Gasteiger partial charge in [0.1, 0.15) is 24.4 Å². The van der Waals surface area contributed by atoms with Gasteiger partial charge >= 0.3 is 0 Å². The number of nitrogens with two attached hydrogens (primary N) is 1. The number of allylic oxidation sites excluding steroid dienone is 1. The van der Waals surface area contributed by atoms with Crippen LogP contribution in [-0.4, -0.2) is 81.6 Å². The summed E-state index contributed by atoms with van der Waals surface area (Å²) >= 11 is 0. The molecule has 0 unspecified atom stereocenters. The third-order valence-corrected chi connectivity index (χ3v) is 6.05. The highest BCUT2D eigenvalue weighted by atomic mass is 16.7. The van der Waals surface area contributed by atoms with Gasteiger partial charge < -0.3 is 40.7 Å². The van der Waals surface area contributed by atoms with E-state index in [0.29, 0.717) is 0 Å². The smallest absolute Gasteiger partial charge is 0.186 e. The maximum absolute atomic E-state index is 10.2. The SMILES string of the molecule is CCCCCCCCCCCCC/C=C\[C@H](O)[C@@H](N)CO[C@@H]1O[C@H](CO)[C@H](O)[C@H](O)[C@H]1O. The summed E-state index contributed by atoms with van der Waals surface area (Å²) in [5.41, 5.74) is 5.93. The summed E-state index contributed by atoms with van der Waals surface area (Å²) in [6.45, 7) is 1.60. The second-order valence-electron chi connectivity index (χ2n) is 8.94. The molecular formula is C24H47NO7. The van der Waals surface area contributed by atoms with Gasteiger partial charge in [-0.2, -0.15) is 0 Å². The normalized spacial score (nSPS) is 28.3. The minimum absolute atomic E-state index is 0.118. The Bertz CT molecular complexity index is 477. The van der Waals surface area contributed by atoms with E-state index in [1.165, 1.54) is 64.2 Å². The second kappa shape index (κ2) is 17.8. The van der Waals surface area contributed by atoms with E-state index in [4.69, 9.17) is 15.2 Å². The summed E-state index contributed by atoms with van der Waals surface area (Å²) in [6, 6.07) is -0.740. The van der Waals surface area contributed by atoms with Gasteiger partial charge in [-0.1, -0.05) is 83.3 Å². The van der Waals surface area contributed by atoms with Gasteiger partial charge in [0, 0.05) is 0 Å². The first-order valence-corrected chi connectivity index (χ1v) is 12.4. The van der Waals surface area contributed by atoms with E-state index < -0.39 is 49.5 Å².